The van der Waals surface area contributed by atoms with Crippen LogP contribution in [0.2, 0.25) is 0 Å². The molecule has 0 bridgehead atoms. The molecular weight excluding hydrogens is 250 g/mol. The van der Waals surface area contributed by atoms with Gasteiger partial charge in [0.15, 0.2) is 5.65 Å². The highest BCUT2D eigenvalue weighted by molar-refractivity contribution is 5.66. The van der Waals surface area contributed by atoms with Gasteiger partial charge in [-0.2, -0.15) is 0 Å². The average molecular weight is 267 g/mol. The highest BCUT2D eigenvalue weighted by Crippen LogP contribution is 2.31. The molecule has 0 fully saturated rings. The third-order valence-electron chi connectivity index (χ3n) is 3.39. The van der Waals surface area contributed by atoms with E-state index in [2.05, 4.69) is 36.9 Å². The number of nitrogens with zero attached hydrogens (tertiary/aromatic N) is 2. The van der Waals surface area contributed by atoms with Crippen LogP contribution in [0.4, 0.5) is 0 Å². The lowest BCUT2D eigenvalue weighted by atomic mass is 9.83. The summed E-state index contributed by atoms with van der Waals surface area (Å²) in [6.45, 7) is 6.48. The Labute approximate surface area is 117 Å². The first-order valence-corrected chi connectivity index (χ1v) is 6.64. The fourth-order valence-corrected chi connectivity index (χ4v) is 2.43. The van der Waals surface area contributed by atoms with Crippen molar-refractivity contribution >= 4 is 5.65 Å². The highest BCUT2D eigenvalue weighted by Gasteiger charge is 2.19. The number of rotatable bonds is 1. The molecule has 4 nitrogen and oxygen atoms in total. The molecule has 0 aliphatic heterocycles. The van der Waals surface area contributed by atoms with E-state index in [9.17, 15) is 4.79 Å². The number of hydrogen-bond donors (Lipinski definition) is 1. The van der Waals surface area contributed by atoms with Crippen LogP contribution < -0.4 is 5.56 Å². The minimum atomic E-state index is -0.0984. The normalized spacial score (nSPS) is 11.9. The van der Waals surface area contributed by atoms with E-state index < -0.39 is 0 Å². The monoisotopic (exact) mass is 267 g/mol. The Morgan fingerprint density at radius 2 is 1.90 bits per heavy atom. The second-order valence-corrected chi connectivity index (χ2v) is 5.93. The fourth-order valence-electron chi connectivity index (χ4n) is 2.43. The van der Waals surface area contributed by atoms with Crippen molar-refractivity contribution in [2.75, 3.05) is 0 Å². The molecule has 0 unspecified atom stereocenters. The highest BCUT2D eigenvalue weighted by atomic mass is 16.1. The van der Waals surface area contributed by atoms with Crippen molar-refractivity contribution in [2.45, 2.75) is 26.2 Å². The lowest BCUT2D eigenvalue weighted by Crippen LogP contribution is -2.16. The molecule has 0 saturated heterocycles. The topological polar surface area (TPSA) is 50.2 Å². The SMILES string of the molecule is CC(C)(C)c1ccccc1-c1cc(=O)n2[nH]ccc2n1. The van der Waals surface area contributed by atoms with Gasteiger partial charge in [-0.3, -0.25) is 9.89 Å². The van der Waals surface area contributed by atoms with Gasteiger partial charge in [0, 0.05) is 23.9 Å². The summed E-state index contributed by atoms with van der Waals surface area (Å²) in [4.78, 5) is 16.7. The summed E-state index contributed by atoms with van der Waals surface area (Å²) in [5.41, 5.74) is 3.46. The van der Waals surface area contributed by atoms with E-state index >= 15 is 0 Å². The number of fused-ring (bicyclic) bond motifs is 1. The first-order chi connectivity index (χ1) is 9.47. The summed E-state index contributed by atoms with van der Waals surface area (Å²) in [6, 6.07) is 11.5. The Hall–Kier alpha value is -2.36. The Bertz CT molecular complexity index is 821. The van der Waals surface area contributed by atoms with Crippen molar-refractivity contribution in [3.63, 3.8) is 0 Å². The van der Waals surface area contributed by atoms with Gasteiger partial charge in [-0.25, -0.2) is 9.50 Å². The molecule has 3 rings (SSSR count). The maximum absolute atomic E-state index is 12.1. The van der Waals surface area contributed by atoms with E-state index in [1.54, 1.807) is 18.3 Å². The zero-order chi connectivity index (χ0) is 14.3. The van der Waals surface area contributed by atoms with E-state index in [1.165, 1.54) is 10.1 Å². The second-order valence-electron chi connectivity index (χ2n) is 5.93. The van der Waals surface area contributed by atoms with Crippen molar-refractivity contribution < 1.29 is 0 Å². The van der Waals surface area contributed by atoms with Crippen molar-refractivity contribution in [3.8, 4) is 11.3 Å². The molecule has 0 atom stereocenters. The van der Waals surface area contributed by atoms with Crippen molar-refractivity contribution in [1.82, 2.24) is 14.6 Å². The van der Waals surface area contributed by atoms with E-state index in [0.717, 1.165) is 11.3 Å². The fraction of sp³-hybridized carbons (Fsp3) is 0.250. The summed E-state index contributed by atoms with van der Waals surface area (Å²) in [5.74, 6) is 0. The summed E-state index contributed by atoms with van der Waals surface area (Å²) in [7, 11) is 0. The van der Waals surface area contributed by atoms with E-state index in [1.807, 2.05) is 18.2 Å². The van der Waals surface area contributed by atoms with E-state index in [0.29, 0.717) is 5.65 Å². The van der Waals surface area contributed by atoms with Gasteiger partial charge in [-0.1, -0.05) is 45.0 Å². The molecule has 1 N–H and O–H groups in total. The number of aromatic amines is 1. The summed E-state index contributed by atoms with van der Waals surface area (Å²) in [6.07, 6.45) is 1.71. The molecule has 2 aromatic heterocycles. The van der Waals surface area contributed by atoms with Gasteiger partial charge < -0.3 is 0 Å². The second kappa shape index (κ2) is 4.34. The van der Waals surface area contributed by atoms with Crippen LogP contribution in [0.1, 0.15) is 26.3 Å². The number of aromatic nitrogens is 3. The maximum Gasteiger partial charge on any atom is 0.273 e. The third kappa shape index (κ3) is 2.03. The first-order valence-electron chi connectivity index (χ1n) is 6.64. The minimum Gasteiger partial charge on any atom is -0.297 e. The molecule has 0 aliphatic rings. The molecule has 0 amide bonds. The lowest BCUT2D eigenvalue weighted by Gasteiger charge is -2.22. The summed E-state index contributed by atoms with van der Waals surface area (Å²) >= 11 is 0. The molecule has 4 heteroatoms. The molecule has 102 valence electrons. The van der Waals surface area contributed by atoms with Gasteiger partial charge in [-0.15, -0.1) is 0 Å². The Morgan fingerprint density at radius 3 is 2.65 bits per heavy atom. The zero-order valence-electron chi connectivity index (χ0n) is 11.8. The van der Waals surface area contributed by atoms with Gasteiger partial charge in [-0.05, 0) is 11.0 Å². The van der Waals surface area contributed by atoms with Crippen LogP contribution in [-0.4, -0.2) is 14.6 Å². The molecular formula is C16H17N3O. The van der Waals surface area contributed by atoms with Gasteiger partial charge in [0.1, 0.15) is 0 Å². The van der Waals surface area contributed by atoms with E-state index in [-0.39, 0.29) is 11.0 Å². The van der Waals surface area contributed by atoms with Crippen LogP contribution in [0.5, 0.6) is 0 Å². The number of nitrogens with one attached hydrogen (secondary N) is 1. The molecule has 0 spiro atoms. The first kappa shape index (κ1) is 12.7. The van der Waals surface area contributed by atoms with Gasteiger partial charge in [0.05, 0.1) is 5.69 Å². The predicted molar refractivity (Wildman–Crippen MR) is 79.9 cm³/mol. The van der Waals surface area contributed by atoms with Crippen molar-refractivity contribution in [1.29, 1.82) is 0 Å². The van der Waals surface area contributed by atoms with Gasteiger partial charge in [0.2, 0.25) is 0 Å². The standard InChI is InChI=1S/C16H17N3O/c1-16(2,3)12-7-5-4-6-11(12)13-10-15(20)19-14(18-13)8-9-17-19/h4-10,17H,1-3H3. The number of H-pyrrole nitrogens is 1. The smallest absolute Gasteiger partial charge is 0.273 e. The van der Waals surface area contributed by atoms with Crippen LogP contribution in [-0.2, 0) is 5.41 Å². The summed E-state index contributed by atoms with van der Waals surface area (Å²) < 4.78 is 1.43. The zero-order valence-corrected chi connectivity index (χ0v) is 11.8. The number of benzene rings is 1. The molecule has 0 radical (unpaired) electrons. The van der Waals surface area contributed by atoms with Crippen LogP contribution in [0.25, 0.3) is 16.9 Å². The van der Waals surface area contributed by atoms with Crippen LogP contribution >= 0.6 is 0 Å². The van der Waals surface area contributed by atoms with Crippen molar-refractivity contribution in [3.05, 3.63) is 58.5 Å². The lowest BCUT2D eigenvalue weighted by molar-refractivity contribution is 0.591. The molecule has 20 heavy (non-hydrogen) atoms. The van der Waals surface area contributed by atoms with Crippen LogP contribution in [0, 0.1) is 0 Å². The summed E-state index contributed by atoms with van der Waals surface area (Å²) in [5, 5.41) is 2.85. The Morgan fingerprint density at radius 1 is 1.15 bits per heavy atom. The average Bonchev–Trinajstić information content (AvgIpc) is 2.86. The third-order valence-corrected chi connectivity index (χ3v) is 3.39. The Kier molecular flexibility index (Phi) is 2.74. The predicted octanol–water partition coefficient (Wildman–Crippen LogP) is 2.99. The largest absolute Gasteiger partial charge is 0.297 e. The van der Waals surface area contributed by atoms with Gasteiger partial charge >= 0.3 is 0 Å². The molecule has 1 aromatic carbocycles. The molecule has 3 aromatic rings. The maximum atomic E-state index is 12.1. The molecule has 2 heterocycles. The van der Waals surface area contributed by atoms with Gasteiger partial charge in [0.25, 0.3) is 5.56 Å². The minimum absolute atomic E-state index is 0.00155. The van der Waals surface area contributed by atoms with Crippen molar-refractivity contribution in [2.24, 2.45) is 0 Å². The molecule has 0 saturated carbocycles. The quantitative estimate of drug-likeness (QED) is 0.737. The van der Waals surface area contributed by atoms with E-state index in [4.69, 9.17) is 0 Å². The van der Waals surface area contributed by atoms with Crippen LogP contribution in [0.3, 0.4) is 0 Å². The Balaban J connectivity index is 2.29. The van der Waals surface area contributed by atoms with Crippen LogP contribution in [0.15, 0.2) is 47.4 Å². The number of hydrogen-bond acceptors (Lipinski definition) is 2. The molecule has 0 aliphatic carbocycles.